The van der Waals surface area contributed by atoms with Gasteiger partial charge in [-0.15, -0.1) is 0 Å². The number of hydrogen-bond donors (Lipinski definition) is 2. The Bertz CT molecular complexity index is 1350. The normalized spacial score (nSPS) is 10.4. The molecule has 0 radical (unpaired) electrons. The molecule has 0 fully saturated rings. The monoisotopic (exact) mass is 493 g/mol. The fourth-order valence-electron chi connectivity index (χ4n) is 2.96. The van der Waals surface area contributed by atoms with E-state index in [9.17, 15) is 14.9 Å². The summed E-state index contributed by atoms with van der Waals surface area (Å²) in [4.78, 5) is 22.9. The number of furan rings is 1. The lowest BCUT2D eigenvalue weighted by Gasteiger charge is -2.10. The Kier molecular flexibility index (Phi) is 6.86. The van der Waals surface area contributed by atoms with Gasteiger partial charge < -0.3 is 14.5 Å². The van der Waals surface area contributed by atoms with Crippen LogP contribution < -0.4 is 15.4 Å². The molecule has 0 aliphatic heterocycles. The second-order valence-electron chi connectivity index (χ2n) is 6.96. The van der Waals surface area contributed by atoms with Crippen LogP contribution in [0.25, 0.3) is 11.3 Å². The molecule has 8 nitrogen and oxygen atoms in total. The highest BCUT2D eigenvalue weighted by Crippen LogP contribution is 2.26. The van der Waals surface area contributed by atoms with Crippen LogP contribution in [0.5, 0.6) is 11.5 Å². The molecule has 0 saturated carbocycles. The molecule has 1 aromatic heterocycles. The number of nitro benzene ring substituents is 1. The Morgan fingerprint density at radius 3 is 2.32 bits per heavy atom. The molecular formula is C24H16ClN3O5S. The van der Waals surface area contributed by atoms with E-state index in [0.29, 0.717) is 33.5 Å². The third-order valence-corrected chi connectivity index (χ3v) is 5.02. The van der Waals surface area contributed by atoms with Gasteiger partial charge in [0.1, 0.15) is 17.3 Å². The van der Waals surface area contributed by atoms with Gasteiger partial charge in [-0.1, -0.05) is 23.7 Å². The average molecular weight is 494 g/mol. The molecule has 0 unspecified atom stereocenters. The van der Waals surface area contributed by atoms with Crippen LogP contribution in [-0.2, 0) is 0 Å². The maximum Gasteiger partial charge on any atom is 0.293 e. The van der Waals surface area contributed by atoms with Gasteiger partial charge in [0.15, 0.2) is 10.9 Å². The summed E-state index contributed by atoms with van der Waals surface area (Å²) >= 11 is 11.1. The van der Waals surface area contributed by atoms with Gasteiger partial charge in [-0.25, -0.2) is 0 Å². The molecule has 4 rings (SSSR count). The number of anilines is 1. The Morgan fingerprint density at radius 2 is 1.65 bits per heavy atom. The first-order chi connectivity index (χ1) is 16.4. The summed E-state index contributed by atoms with van der Waals surface area (Å²) in [6.45, 7) is 0. The Labute approximate surface area is 204 Å². The first-order valence-electron chi connectivity index (χ1n) is 9.88. The number of benzene rings is 3. The maximum atomic E-state index is 12.5. The molecule has 1 heterocycles. The third-order valence-electron chi connectivity index (χ3n) is 4.56. The molecule has 0 saturated heterocycles. The number of nitrogens with zero attached hydrogens (tertiary/aromatic N) is 1. The Morgan fingerprint density at radius 1 is 0.971 bits per heavy atom. The quantitative estimate of drug-likeness (QED) is 0.181. The number of nitro groups is 1. The SMILES string of the molecule is O=C(NC(=S)Nc1ccc(Oc2ccc(Cl)cc2)cc1)c1ccc(-c2cccc([N+](=O)[O-])c2)o1. The zero-order chi connectivity index (χ0) is 24.1. The van der Waals surface area contributed by atoms with Gasteiger partial charge in [0, 0.05) is 28.4 Å². The lowest BCUT2D eigenvalue weighted by Crippen LogP contribution is -2.33. The van der Waals surface area contributed by atoms with E-state index in [0.717, 1.165) is 0 Å². The van der Waals surface area contributed by atoms with Gasteiger partial charge in [-0.3, -0.25) is 20.2 Å². The predicted molar refractivity (Wildman–Crippen MR) is 132 cm³/mol. The van der Waals surface area contributed by atoms with Gasteiger partial charge in [0.2, 0.25) is 0 Å². The second kappa shape index (κ2) is 10.2. The van der Waals surface area contributed by atoms with Gasteiger partial charge in [0.05, 0.1) is 4.92 Å². The first kappa shape index (κ1) is 23.0. The first-order valence-corrected chi connectivity index (χ1v) is 10.7. The number of carbonyl (C=O) groups excluding carboxylic acids is 1. The molecule has 2 N–H and O–H groups in total. The molecule has 3 aromatic carbocycles. The van der Waals surface area contributed by atoms with Crippen molar-refractivity contribution in [1.82, 2.24) is 5.32 Å². The van der Waals surface area contributed by atoms with Crippen LogP contribution >= 0.6 is 23.8 Å². The van der Waals surface area contributed by atoms with Gasteiger partial charge in [0.25, 0.3) is 11.6 Å². The smallest absolute Gasteiger partial charge is 0.293 e. The highest BCUT2D eigenvalue weighted by Gasteiger charge is 2.15. The molecule has 4 aromatic rings. The van der Waals surface area contributed by atoms with Crippen molar-refractivity contribution in [2.45, 2.75) is 0 Å². The zero-order valence-electron chi connectivity index (χ0n) is 17.4. The standard InChI is InChI=1S/C24H16ClN3O5S/c25-16-4-8-19(9-5-16)32-20-10-6-17(7-11-20)26-24(34)27-23(29)22-13-12-21(33-22)15-2-1-3-18(14-15)28(30)31/h1-14H,(H2,26,27,29,34). The van der Waals surface area contributed by atoms with E-state index in [4.69, 9.17) is 33.0 Å². The summed E-state index contributed by atoms with van der Waals surface area (Å²) in [5.74, 6) is 1.04. The Balaban J connectivity index is 1.34. The summed E-state index contributed by atoms with van der Waals surface area (Å²) in [7, 11) is 0. The lowest BCUT2D eigenvalue weighted by atomic mass is 10.1. The fourth-order valence-corrected chi connectivity index (χ4v) is 3.30. The summed E-state index contributed by atoms with van der Waals surface area (Å²) in [6, 6.07) is 23.0. The number of non-ortho nitro benzene ring substituents is 1. The van der Waals surface area contributed by atoms with Crippen molar-refractivity contribution >= 4 is 46.2 Å². The number of halogens is 1. The van der Waals surface area contributed by atoms with Crippen LogP contribution in [0.2, 0.25) is 5.02 Å². The van der Waals surface area contributed by atoms with Crippen LogP contribution in [0.15, 0.2) is 89.3 Å². The Hall–Kier alpha value is -4.21. The maximum absolute atomic E-state index is 12.5. The molecule has 0 bridgehead atoms. The number of thiocarbonyl (C=S) groups is 1. The van der Waals surface area contributed by atoms with Crippen molar-refractivity contribution in [3.63, 3.8) is 0 Å². The number of carbonyl (C=O) groups is 1. The highest BCUT2D eigenvalue weighted by molar-refractivity contribution is 7.80. The summed E-state index contributed by atoms with van der Waals surface area (Å²) < 4.78 is 11.3. The number of nitrogens with one attached hydrogen (secondary N) is 2. The minimum Gasteiger partial charge on any atom is -0.457 e. The molecule has 170 valence electrons. The average Bonchev–Trinajstić information content (AvgIpc) is 3.32. The van der Waals surface area contributed by atoms with Crippen LogP contribution in [0.3, 0.4) is 0 Å². The van der Waals surface area contributed by atoms with Crippen molar-refractivity contribution in [2.24, 2.45) is 0 Å². The topological polar surface area (TPSA) is 107 Å². The zero-order valence-corrected chi connectivity index (χ0v) is 18.9. The van der Waals surface area contributed by atoms with Crippen molar-refractivity contribution < 1.29 is 18.9 Å². The minimum absolute atomic E-state index is 0.0115. The molecule has 0 aliphatic carbocycles. The minimum atomic E-state index is -0.558. The molecule has 0 atom stereocenters. The number of amides is 1. The fraction of sp³-hybridized carbons (Fsp3) is 0. The van der Waals surface area contributed by atoms with E-state index in [-0.39, 0.29) is 16.6 Å². The summed E-state index contributed by atoms with van der Waals surface area (Å²) in [6.07, 6.45) is 0. The van der Waals surface area contributed by atoms with Gasteiger partial charge in [-0.2, -0.15) is 0 Å². The molecular weight excluding hydrogens is 478 g/mol. The summed E-state index contributed by atoms with van der Waals surface area (Å²) in [5.41, 5.74) is 1.05. The van der Waals surface area contributed by atoms with Crippen molar-refractivity contribution in [2.75, 3.05) is 5.32 Å². The van der Waals surface area contributed by atoms with E-state index in [1.807, 2.05) is 0 Å². The number of ether oxygens (including phenoxy) is 1. The largest absolute Gasteiger partial charge is 0.457 e. The van der Waals surface area contributed by atoms with E-state index in [1.165, 1.54) is 18.2 Å². The van der Waals surface area contributed by atoms with Crippen LogP contribution in [0.4, 0.5) is 11.4 Å². The molecule has 10 heteroatoms. The van der Waals surface area contributed by atoms with Crippen molar-refractivity contribution in [3.05, 3.63) is 106 Å². The van der Waals surface area contributed by atoms with E-state index < -0.39 is 10.8 Å². The van der Waals surface area contributed by atoms with Gasteiger partial charge >= 0.3 is 0 Å². The highest BCUT2D eigenvalue weighted by atomic mass is 35.5. The number of rotatable bonds is 6. The summed E-state index contributed by atoms with van der Waals surface area (Å²) in [5, 5.41) is 17.1. The van der Waals surface area contributed by atoms with Crippen molar-refractivity contribution in [1.29, 1.82) is 0 Å². The second-order valence-corrected chi connectivity index (χ2v) is 7.80. The lowest BCUT2D eigenvalue weighted by molar-refractivity contribution is -0.384. The molecule has 0 aliphatic rings. The van der Waals surface area contributed by atoms with Crippen LogP contribution in [-0.4, -0.2) is 15.9 Å². The van der Waals surface area contributed by atoms with E-state index in [1.54, 1.807) is 66.7 Å². The van der Waals surface area contributed by atoms with E-state index in [2.05, 4.69) is 10.6 Å². The van der Waals surface area contributed by atoms with Crippen LogP contribution in [0.1, 0.15) is 10.6 Å². The van der Waals surface area contributed by atoms with Gasteiger partial charge in [-0.05, 0) is 72.9 Å². The number of hydrogen-bond acceptors (Lipinski definition) is 6. The van der Waals surface area contributed by atoms with E-state index >= 15 is 0 Å². The third kappa shape index (κ3) is 5.77. The van der Waals surface area contributed by atoms with Crippen LogP contribution in [0, 0.1) is 10.1 Å². The predicted octanol–water partition coefficient (Wildman–Crippen LogP) is 6.43. The molecule has 1 amide bonds. The van der Waals surface area contributed by atoms with Crippen molar-refractivity contribution in [3.8, 4) is 22.8 Å². The molecule has 34 heavy (non-hydrogen) atoms. The molecule has 0 spiro atoms.